The highest BCUT2D eigenvalue weighted by molar-refractivity contribution is 7.62. The van der Waals surface area contributed by atoms with E-state index in [0.29, 0.717) is 17.3 Å². The van der Waals surface area contributed by atoms with Crippen LogP contribution in [0.5, 0.6) is 0 Å². The summed E-state index contributed by atoms with van der Waals surface area (Å²) in [5.74, 6) is 0.388. The molecule has 2 aromatic heterocycles. The smallest absolute Gasteiger partial charge is 0.362 e. The van der Waals surface area contributed by atoms with Crippen molar-refractivity contribution in [2.24, 2.45) is 4.36 Å². The molecule has 0 aliphatic heterocycles. The topological polar surface area (TPSA) is 153 Å². The summed E-state index contributed by atoms with van der Waals surface area (Å²) in [4.78, 5) is 26.5. The molecule has 0 spiro atoms. The van der Waals surface area contributed by atoms with E-state index in [4.69, 9.17) is 5.73 Å². The van der Waals surface area contributed by atoms with Crippen LogP contribution in [-0.4, -0.2) is 34.4 Å². The summed E-state index contributed by atoms with van der Waals surface area (Å²) < 4.78 is 22.8. The van der Waals surface area contributed by atoms with Gasteiger partial charge in [0.05, 0.1) is 0 Å². The Kier molecular flexibility index (Phi) is 6.86. The summed E-state index contributed by atoms with van der Waals surface area (Å²) in [7, 11) is -2.77. The lowest BCUT2D eigenvalue weighted by molar-refractivity contribution is 0.259. The quantitative estimate of drug-likeness (QED) is 0.780. The first kappa shape index (κ1) is 19.1. The number of hydrogen-bond acceptors (Lipinski definition) is 8. The van der Waals surface area contributed by atoms with Crippen molar-refractivity contribution in [2.75, 3.05) is 11.1 Å². The van der Waals surface area contributed by atoms with Gasteiger partial charge in [-0.05, 0) is 39.8 Å². The Morgan fingerprint density at radius 3 is 1.75 bits per heavy atom. The predicted molar refractivity (Wildman–Crippen MR) is 87.8 cm³/mol. The third-order valence-electron chi connectivity index (χ3n) is 2.36. The number of aryl methyl sites for hydroxylation is 4. The SMILES string of the molecule is Cc1cc(C)nc(N)n1.Cc1cc(C)nc(NC(=O)N=S(=O)=O)n1. The molecular weight excluding hydrogens is 334 g/mol. The number of nitrogens with zero attached hydrogens (tertiary/aromatic N) is 5. The molecule has 2 heterocycles. The fourth-order valence-corrected chi connectivity index (χ4v) is 1.90. The molecule has 0 radical (unpaired) electrons. The van der Waals surface area contributed by atoms with Crippen LogP contribution in [0, 0.1) is 27.7 Å². The van der Waals surface area contributed by atoms with E-state index in [1.54, 1.807) is 19.9 Å². The zero-order valence-corrected chi connectivity index (χ0v) is 14.4. The van der Waals surface area contributed by atoms with Crippen molar-refractivity contribution in [1.29, 1.82) is 0 Å². The Bertz CT molecular complexity index is 802. The summed E-state index contributed by atoms with van der Waals surface area (Å²) in [6, 6.07) is 2.59. The molecule has 0 saturated carbocycles. The van der Waals surface area contributed by atoms with Crippen LogP contribution in [0.15, 0.2) is 16.5 Å². The molecular formula is C13H17N7O3S. The fourth-order valence-electron chi connectivity index (χ4n) is 1.72. The Morgan fingerprint density at radius 1 is 0.958 bits per heavy atom. The van der Waals surface area contributed by atoms with Gasteiger partial charge in [0.1, 0.15) is 0 Å². The van der Waals surface area contributed by atoms with E-state index in [2.05, 4.69) is 29.6 Å². The van der Waals surface area contributed by atoms with Gasteiger partial charge >= 0.3 is 16.5 Å². The average molecular weight is 351 g/mol. The van der Waals surface area contributed by atoms with Crippen LogP contribution in [0.2, 0.25) is 0 Å². The molecule has 24 heavy (non-hydrogen) atoms. The van der Waals surface area contributed by atoms with Gasteiger partial charge in [0.2, 0.25) is 11.9 Å². The van der Waals surface area contributed by atoms with Crippen molar-refractivity contribution >= 4 is 28.4 Å². The maximum Gasteiger partial charge on any atom is 0.362 e. The second kappa shape index (κ2) is 8.62. The van der Waals surface area contributed by atoms with E-state index in [0.717, 1.165) is 11.4 Å². The number of nitrogen functional groups attached to an aromatic ring is 1. The summed E-state index contributed by atoms with van der Waals surface area (Å²) in [6.07, 6.45) is 0. The summed E-state index contributed by atoms with van der Waals surface area (Å²) in [6.45, 7) is 7.25. The highest BCUT2D eigenvalue weighted by Gasteiger charge is 2.04. The molecule has 0 aliphatic rings. The molecule has 2 aromatic rings. The van der Waals surface area contributed by atoms with Crippen molar-refractivity contribution in [3.8, 4) is 0 Å². The Morgan fingerprint density at radius 2 is 1.38 bits per heavy atom. The lowest BCUT2D eigenvalue weighted by Gasteiger charge is -2.01. The van der Waals surface area contributed by atoms with Crippen LogP contribution in [0.3, 0.4) is 0 Å². The third-order valence-corrected chi connectivity index (χ3v) is 2.67. The number of anilines is 2. The van der Waals surface area contributed by atoms with Gasteiger partial charge in [-0.2, -0.15) is 8.42 Å². The van der Waals surface area contributed by atoms with Crippen LogP contribution in [0.25, 0.3) is 0 Å². The number of amides is 2. The van der Waals surface area contributed by atoms with E-state index >= 15 is 0 Å². The standard InChI is InChI=1S/C7H8N4O3S.C6H9N3/c1-4-3-5(2)9-6(8-4)10-7(12)11-15(13)14;1-4-3-5(2)9-6(7)8-4/h3H,1-2H3,(H,8,9,10,12);3H,1-2H3,(H2,7,8,9). The van der Waals surface area contributed by atoms with E-state index in [9.17, 15) is 13.2 Å². The predicted octanol–water partition coefficient (Wildman–Crippen LogP) is 1.36. The number of carbonyl (C=O) groups excluding carboxylic acids is 1. The number of carbonyl (C=O) groups is 1. The summed E-state index contributed by atoms with van der Waals surface area (Å²) in [5, 5.41) is 2.13. The first-order chi connectivity index (χ1) is 11.2. The maximum atomic E-state index is 10.9. The molecule has 0 unspecified atom stereocenters. The zero-order chi connectivity index (χ0) is 18.3. The summed E-state index contributed by atoms with van der Waals surface area (Å²) in [5.41, 5.74) is 8.51. The molecule has 128 valence electrons. The first-order valence-electron chi connectivity index (χ1n) is 6.68. The van der Waals surface area contributed by atoms with Gasteiger partial charge in [0.25, 0.3) is 0 Å². The maximum absolute atomic E-state index is 10.9. The number of aromatic nitrogens is 4. The number of nitrogens with two attached hydrogens (primary N) is 1. The van der Waals surface area contributed by atoms with Crippen LogP contribution >= 0.6 is 0 Å². The van der Waals surface area contributed by atoms with E-state index in [-0.39, 0.29) is 5.95 Å². The van der Waals surface area contributed by atoms with Crippen molar-refractivity contribution in [3.05, 3.63) is 34.9 Å². The normalized spacial score (nSPS) is 9.50. The Hall–Kier alpha value is -2.95. The molecule has 10 nitrogen and oxygen atoms in total. The largest absolute Gasteiger partial charge is 0.368 e. The molecule has 3 N–H and O–H groups in total. The lowest BCUT2D eigenvalue weighted by Crippen LogP contribution is -2.10. The molecule has 2 rings (SSSR count). The number of hydrogen-bond donors (Lipinski definition) is 2. The second-order valence-electron chi connectivity index (χ2n) is 4.72. The molecule has 0 saturated heterocycles. The van der Waals surface area contributed by atoms with Gasteiger partial charge in [-0.25, -0.2) is 24.7 Å². The molecule has 2 amide bonds. The van der Waals surface area contributed by atoms with Gasteiger partial charge < -0.3 is 5.73 Å². The van der Waals surface area contributed by atoms with Crippen LogP contribution in [0.1, 0.15) is 22.8 Å². The first-order valence-corrected chi connectivity index (χ1v) is 7.71. The van der Waals surface area contributed by atoms with Gasteiger partial charge in [-0.3, -0.25) is 5.32 Å². The molecule has 11 heteroatoms. The van der Waals surface area contributed by atoms with Gasteiger partial charge in [-0.1, -0.05) is 4.36 Å². The van der Waals surface area contributed by atoms with Gasteiger partial charge in [0.15, 0.2) is 0 Å². The van der Waals surface area contributed by atoms with E-state index < -0.39 is 16.5 Å². The van der Waals surface area contributed by atoms with Crippen LogP contribution in [0.4, 0.5) is 16.7 Å². The second-order valence-corrected chi connectivity index (χ2v) is 5.34. The van der Waals surface area contributed by atoms with Crippen molar-refractivity contribution in [1.82, 2.24) is 19.9 Å². The minimum atomic E-state index is -2.77. The zero-order valence-electron chi connectivity index (χ0n) is 13.6. The molecule has 0 atom stereocenters. The molecule has 0 aliphatic carbocycles. The van der Waals surface area contributed by atoms with Gasteiger partial charge in [0, 0.05) is 22.8 Å². The Balaban J connectivity index is 0.000000272. The summed E-state index contributed by atoms with van der Waals surface area (Å²) >= 11 is 0. The van der Waals surface area contributed by atoms with Crippen LogP contribution in [-0.2, 0) is 10.5 Å². The molecule has 0 bridgehead atoms. The number of rotatable bonds is 1. The molecule has 0 fully saturated rings. The monoisotopic (exact) mass is 351 g/mol. The minimum Gasteiger partial charge on any atom is -0.368 e. The lowest BCUT2D eigenvalue weighted by atomic mass is 10.4. The number of urea groups is 1. The average Bonchev–Trinajstić information content (AvgIpc) is 2.34. The van der Waals surface area contributed by atoms with Gasteiger partial charge in [-0.15, -0.1) is 0 Å². The van der Waals surface area contributed by atoms with Crippen LogP contribution < -0.4 is 11.1 Å². The fraction of sp³-hybridized carbons (Fsp3) is 0.308. The van der Waals surface area contributed by atoms with E-state index in [1.807, 2.05) is 19.9 Å². The third kappa shape index (κ3) is 7.35. The highest BCUT2D eigenvalue weighted by Crippen LogP contribution is 2.03. The van der Waals surface area contributed by atoms with Crippen molar-refractivity contribution in [2.45, 2.75) is 27.7 Å². The van der Waals surface area contributed by atoms with Crippen molar-refractivity contribution in [3.63, 3.8) is 0 Å². The number of nitrogens with one attached hydrogen (secondary N) is 1. The van der Waals surface area contributed by atoms with E-state index in [1.165, 1.54) is 0 Å². The van der Waals surface area contributed by atoms with Crippen molar-refractivity contribution < 1.29 is 13.2 Å². The minimum absolute atomic E-state index is 0.0340. The highest BCUT2D eigenvalue weighted by atomic mass is 32.2. The Labute approximate surface area is 140 Å². The molecule has 0 aromatic carbocycles.